The molecule has 1 aromatic heterocycles. The molecular weight excluding hydrogens is 323 g/mol. The van der Waals surface area contributed by atoms with Crippen molar-refractivity contribution in [3.63, 3.8) is 0 Å². The van der Waals surface area contributed by atoms with Crippen molar-refractivity contribution in [2.75, 3.05) is 4.72 Å². The van der Waals surface area contributed by atoms with Gasteiger partial charge in [0.1, 0.15) is 10.7 Å². The molecule has 0 aliphatic heterocycles. The number of aromatic nitrogens is 1. The molecule has 4 nitrogen and oxygen atoms in total. The summed E-state index contributed by atoms with van der Waals surface area (Å²) in [4.78, 5) is 3.78. The summed E-state index contributed by atoms with van der Waals surface area (Å²) in [6.45, 7) is 0. The molecule has 1 N–H and O–H groups in total. The maximum atomic E-state index is 13.0. The van der Waals surface area contributed by atoms with Crippen LogP contribution in [0.3, 0.4) is 0 Å². The number of sulfonamides is 1. The second kappa shape index (κ2) is 5.03. The third kappa shape index (κ3) is 2.85. The summed E-state index contributed by atoms with van der Waals surface area (Å²) in [5.74, 6) is -0.459. The van der Waals surface area contributed by atoms with Crippen molar-refractivity contribution < 1.29 is 12.8 Å². The lowest BCUT2D eigenvalue weighted by molar-refractivity contribution is 0.600. The zero-order chi connectivity index (χ0) is 13.2. The van der Waals surface area contributed by atoms with E-state index in [0.717, 1.165) is 0 Å². The molecule has 0 spiro atoms. The highest BCUT2D eigenvalue weighted by Gasteiger charge is 2.14. The van der Waals surface area contributed by atoms with Crippen molar-refractivity contribution >= 4 is 31.6 Å². The lowest BCUT2D eigenvalue weighted by atomic mass is 10.3. The van der Waals surface area contributed by atoms with E-state index in [-0.39, 0.29) is 15.1 Å². The number of halogens is 2. The lowest BCUT2D eigenvalue weighted by Crippen LogP contribution is -2.13. The maximum absolute atomic E-state index is 13.0. The molecule has 0 saturated carbocycles. The van der Waals surface area contributed by atoms with Gasteiger partial charge in [-0.15, -0.1) is 0 Å². The minimum atomic E-state index is -3.70. The van der Waals surface area contributed by atoms with E-state index in [1.54, 1.807) is 0 Å². The van der Waals surface area contributed by atoms with Crippen molar-refractivity contribution in [3.05, 3.63) is 53.0 Å². The molecule has 0 bridgehead atoms. The number of rotatable bonds is 3. The smallest absolute Gasteiger partial charge is 0.263 e. The van der Waals surface area contributed by atoms with E-state index in [9.17, 15) is 12.8 Å². The van der Waals surface area contributed by atoms with E-state index in [4.69, 9.17) is 0 Å². The lowest BCUT2D eigenvalue weighted by Gasteiger charge is -2.08. The number of hydrogen-bond acceptors (Lipinski definition) is 3. The first-order valence-corrected chi connectivity index (χ1v) is 7.14. The zero-order valence-corrected chi connectivity index (χ0v) is 11.4. The second-order valence-electron chi connectivity index (χ2n) is 3.42. The van der Waals surface area contributed by atoms with Gasteiger partial charge in [0, 0.05) is 12.4 Å². The summed E-state index contributed by atoms with van der Waals surface area (Å²) in [6, 6.07) is 6.81. The standard InChI is InChI=1S/C11H8BrFN2O2S/c12-10-6-8(3-4-11(10)13)15-18(16,17)9-2-1-5-14-7-9/h1-7,15H. The number of nitrogens with zero attached hydrogens (tertiary/aromatic N) is 1. The van der Waals surface area contributed by atoms with Crippen LogP contribution in [0.25, 0.3) is 0 Å². The summed E-state index contributed by atoms with van der Waals surface area (Å²) >= 11 is 2.99. The van der Waals surface area contributed by atoms with E-state index in [1.165, 1.54) is 42.7 Å². The van der Waals surface area contributed by atoms with Crippen LogP contribution in [0.1, 0.15) is 0 Å². The molecule has 0 atom stereocenters. The van der Waals surface area contributed by atoms with E-state index < -0.39 is 15.8 Å². The van der Waals surface area contributed by atoms with Crippen molar-refractivity contribution in [1.82, 2.24) is 4.98 Å². The Morgan fingerprint density at radius 1 is 1.28 bits per heavy atom. The molecule has 0 amide bonds. The first-order chi connectivity index (χ1) is 8.49. The van der Waals surface area contributed by atoms with Crippen LogP contribution in [0.4, 0.5) is 10.1 Å². The van der Waals surface area contributed by atoms with Gasteiger partial charge in [-0.25, -0.2) is 12.8 Å². The molecule has 0 aliphatic rings. The molecule has 0 aliphatic carbocycles. The molecule has 1 aromatic carbocycles. The van der Waals surface area contributed by atoms with Gasteiger partial charge in [-0.3, -0.25) is 9.71 Å². The SMILES string of the molecule is O=S(=O)(Nc1ccc(F)c(Br)c1)c1cccnc1. The van der Waals surface area contributed by atoms with Crippen molar-refractivity contribution in [3.8, 4) is 0 Å². The molecule has 1 heterocycles. The van der Waals surface area contributed by atoms with E-state index in [0.29, 0.717) is 0 Å². The fourth-order valence-corrected chi connectivity index (χ4v) is 2.67. The zero-order valence-electron chi connectivity index (χ0n) is 8.97. The Labute approximate surface area is 112 Å². The first-order valence-electron chi connectivity index (χ1n) is 4.87. The van der Waals surface area contributed by atoms with Gasteiger partial charge < -0.3 is 0 Å². The van der Waals surface area contributed by atoms with Crippen LogP contribution >= 0.6 is 15.9 Å². The molecule has 0 saturated heterocycles. The van der Waals surface area contributed by atoms with Gasteiger partial charge in [-0.05, 0) is 46.3 Å². The molecule has 18 heavy (non-hydrogen) atoms. The number of anilines is 1. The van der Waals surface area contributed by atoms with Crippen LogP contribution < -0.4 is 4.72 Å². The minimum absolute atomic E-state index is 0.0467. The fourth-order valence-electron chi connectivity index (χ4n) is 1.28. The number of benzene rings is 1. The van der Waals surface area contributed by atoms with Crippen LogP contribution in [0, 0.1) is 5.82 Å². The molecule has 94 valence electrons. The number of hydrogen-bond donors (Lipinski definition) is 1. The predicted molar refractivity (Wildman–Crippen MR) is 69.1 cm³/mol. The van der Waals surface area contributed by atoms with Crippen molar-refractivity contribution in [1.29, 1.82) is 0 Å². The van der Waals surface area contributed by atoms with Gasteiger partial charge in [-0.1, -0.05) is 0 Å². The van der Waals surface area contributed by atoms with Crippen molar-refractivity contribution in [2.24, 2.45) is 0 Å². The van der Waals surface area contributed by atoms with Gasteiger partial charge in [0.15, 0.2) is 0 Å². The summed E-state index contributed by atoms with van der Waals surface area (Å²) in [6.07, 6.45) is 2.72. The van der Waals surface area contributed by atoms with Crippen LogP contribution in [0.5, 0.6) is 0 Å². The van der Waals surface area contributed by atoms with Gasteiger partial charge in [-0.2, -0.15) is 0 Å². The summed E-state index contributed by atoms with van der Waals surface area (Å²) in [5, 5.41) is 0. The Balaban J connectivity index is 2.31. The third-order valence-electron chi connectivity index (χ3n) is 2.12. The minimum Gasteiger partial charge on any atom is -0.280 e. The average molecular weight is 331 g/mol. The Morgan fingerprint density at radius 2 is 2.06 bits per heavy atom. The van der Waals surface area contributed by atoms with Gasteiger partial charge in [0.2, 0.25) is 0 Å². The fraction of sp³-hybridized carbons (Fsp3) is 0. The molecule has 0 fully saturated rings. The summed E-state index contributed by atoms with van der Waals surface area (Å²) < 4.78 is 39.4. The van der Waals surface area contributed by atoms with Gasteiger partial charge in [0.05, 0.1) is 10.2 Å². The highest BCUT2D eigenvalue weighted by atomic mass is 79.9. The normalized spacial score (nSPS) is 11.2. The summed E-state index contributed by atoms with van der Waals surface area (Å²) in [5.41, 5.74) is 0.270. The monoisotopic (exact) mass is 330 g/mol. The van der Waals surface area contributed by atoms with Crippen molar-refractivity contribution in [2.45, 2.75) is 4.90 Å². The van der Waals surface area contributed by atoms with E-state index in [2.05, 4.69) is 25.6 Å². The average Bonchev–Trinajstić information content (AvgIpc) is 2.35. The molecule has 0 unspecified atom stereocenters. The molecular formula is C11H8BrFN2O2S. The van der Waals surface area contributed by atoms with Crippen LogP contribution in [-0.2, 0) is 10.0 Å². The first kappa shape index (κ1) is 13.0. The Kier molecular flexibility index (Phi) is 3.63. The molecule has 2 aromatic rings. The number of pyridine rings is 1. The third-order valence-corrected chi connectivity index (χ3v) is 4.09. The highest BCUT2D eigenvalue weighted by Crippen LogP contribution is 2.22. The number of nitrogens with one attached hydrogen (secondary N) is 1. The molecule has 7 heteroatoms. The Morgan fingerprint density at radius 3 is 2.67 bits per heavy atom. The maximum Gasteiger partial charge on any atom is 0.263 e. The largest absolute Gasteiger partial charge is 0.280 e. The highest BCUT2D eigenvalue weighted by molar-refractivity contribution is 9.10. The second-order valence-corrected chi connectivity index (χ2v) is 5.96. The van der Waals surface area contributed by atoms with E-state index in [1.807, 2.05) is 0 Å². The summed E-state index contributed by atoms with van der Waals surface area (Å²) in [7, 11) is -3.70. The van der Waals surface area contributed by atoms with Crippen LogP contribution in [0.2, 0.25) is 0 Å². The van der Waals surface area contributed by atoms with Crippen LogP contribution in [0.15, 0.2) is 52.1 Å². The molecule has 0 radical (unpaired) electrons. The van der Waals surface area contributed by atoms with E-state index >= 15 is 0 Å². The van der Waals surface area contributed by atoms with Crippen LogP contribution in [-0.4, -0.2) is 13.4 Å². The predicted octanol–water partition coefficient (Wildman–Crippen LogP) is 2.78. The van der Waals surface area contributed by atoms with Gasteiger partial charge in [0.25, 0.3) is 10.0 Å². The Hall–Kier alpha value is -1.47. The topological polar surface area (TPSA) is 59.1 Å². The Bertz CT molecular complexity index is 662. The van der Waals surface area contributed by atoms with Gasteiger partial charge >= 0.3 is 0 Å². The quantitative estimate of drug-likeness (QED) is 0.941. The molecule has 2 rings (SSSR count).